The zero-order valence-electron chi connectivity index (χ0n) is 8.60. The Morgan fingerprint density at radius 2 is 2.33 bits per heavy atom. The average Bonchev–Trinajstić information content (AvgIpc) is 2.77. The fourth-order valence-electron chi connectivity index (χ4n) is 0.981. The van der Waals surface area contributed by atoms with Crippen molar-refractivity contribution in [2.45, 2.75) is 6.42 Å². The third-order valence-electron chi connectivity index (χ3n) is 1.88. The van der Waals surface area contributed by atoms with Crippen LogP contribution in [0.1, 0.15) is 16.9 Å². The summed E-state index contributed by atoms with van der Waals surface area (Å²) < 4.78 is 9.00. The summed E-state index contributed by atoms with van der Waals surface area (Å²) in [6.07, 6.45) is 1.48. The van der Waals surface area contributed by atoms with Gasteiger partial charge in [0.25, 0.3) is 5.91 Å². The van der Waals surface area contributed by atoms with Gasteiger partial charge in [0.1, 0.15) is 6.26 Å². The fraction of sp³-hybridized carbons (Fsp3) is 0.444. The first-order chi connectivity index (χ1) is 7.15. The molecule has 0 aliphatic rings. The van der Waals surface area contributed by atoms with Crippen LogP contribution in [0.25, 0.3) is 0 Å². The van der Waals surface area contributed by atoms with Crippen LogP contribution in [0, 0.1) is 0 Å². The van der Waals surface area contributed by atoms with E-state index in [2.05, 4.69) is 14.4 Å². The van der Waals surface area contributed by atoms with Crippen LogP contribution in [0.3, 0.4) is 0 Å². The van der Waals surface area contributed by atoms with Crippen molar-refractivity contribution in [3.05, 3.63) is 18.0 Å². The maximum atomic E-state index is 11.6. The van der Waals surface area contributed by atoms with E-state index in [4.69, 9.17) is 0 Å². The topological polar surface area (TPSA) is 72.6 Å². The monoisotopic (exact) mass is 212 g/mol. The van der Waals surface area contributed by atoms with Crippen LogP contribution >= 0.6 is 0 Å². The number of ether oxygens (including phenoxy) is 1. The molecule has 1 heterocycles. The minimum Gasteiger partial charge on any atom is -0.469 e. The minimum atomic E-state index is -0.352. The van der Waals surface area contributed by atoms with Gasteiger partial charge in [-0.25, -0.2) is 0 Å². The Hall–Kier alpha value is -1.85. The number of amides is 1. The molecule has 0 aliphatic carbocycles. The molecular formula is C9H12N2O4. The molecule has 6 nitrogen and oxygen atoms in total. The molecule has 0 N–H and O–H groups in total. The van der Waals surface area contributed by atoms with Gasteiger partial charge in [-0.05, 0) is 0 Å². The average molecular weight is 212 g/mol. The molecule has 15 heavy (non-hydrogen) atoms. The lowest BCUT2D eigenvalue weighted by Crippen LogP contribution is -2.29. The van der Waals surface area contributed by atoms with Gasteiger partial charge < -0.3 is 14.2 Å². The lowest BCUT2D eigenvalue weighted by molar-refractivity contribution is -0.140. The van der Waals surface area contributed by atoms with Gasteiger partial charge in [0.2, 0.25) is 0 Å². The first kappa shape index (κ1) is 11.2. The largest absolute Gasteiger partial charge is 0.469 e. The van der Waals surface area contributed by atoms with Crippen molar-refractivity contribution in [1.29, 1.82) is 0 Å². The summed E-state index contributed by atoms with van der Waals surface area (Å²) in [5.74, 6) is -0.637. The zero-order valence-corrected chi connectivity index (χ0v) is 8.60. The standard InChI is InChI=1S/C9H12N2O4/c1-11(5-3-8(12)14-2)9(13)7-4-6-15-10-7/h4,6H,3,5H2,1-2H3. The second-order valence-electron chi connectivity index (χ2n) is 2.94. The van der Waals surface area contributed by atoms with E-state index < -0.39 is 0 Å². The zero-order chi connectivity index (χ0) is 11.3. The van der Waals surface area contributed by atoms with Crippen molar-refractivity contribution >= 4 is 11.9 Å². The summed E-state index contributed by atoms with van der Waals surface area (Å²) in [5, 5.41) is 3.50. The fourth-order valence-corrected chi connectivity index (χ4v) is 0.981. The Bertz CT molecular complexity index is 334. The van der Waals surface area contributed by atoms with E-state index in [0.717, 1.165) is 0 Å². The van der Waals surface area contributed by atoms with Crippen LogP contribution < -0.4 is 0 Å². The number of esters is 1. The Morgan fingerprint density at radius 3 is 2.87 bits per heavy atom. The maximum absolute atomic E-state index is 11.6. The second kappa shape index (κ2) is 5.14. The summed E-state index contributed by atoms with van der Waals surface area (Å²) in [4.78, 5) is 23.8. The molecule has 0 saturated carbocycles. The molecule has 0 radical (unpaired) electrons. The molecule has 1 rings (SSSR count). The molecular weight excluding hydrogens is 200 g/mol. The first-order valence-electron chi connectivity index (χ1n) is 4.38. The highest BCUT2D eigenvalue weighted by molar-refractivity contribution is 5.92. The highest BCUT2D eigenvalue weighted by atomic mass is 16.5. The summed E-state index contributed by atoms with van der Waals surface area (Å²) >= 11 is 0. The van der Waals surface area contributed by atoms with E-state index in [-0.39, 0.29) is 24.0 Å². The van der Waals surface area contributed by atoms with Crippen molar-refractivity contribution in [2.75, 3.05) is 20.7 Å². The van der Waals surface area contributed by atoms with E-state index in [1.54, 1.807) is 7.05 Å². The van der Waals surface area contributed by atoms with E-state index in [1.807, 2.05) is 0 Å². The van der Waals surface area contributed by atoms with E-state index in [9.17, 15) is 9.59 Å². The van der Waals surface area contributed by atoms with Gasteiger partial charge in [-0.1, -0.05) is 5.16 Å². The summed E-state index contributed by atoms with van der Waals surface area (Å²) in [6.45, 7) is 0.290. The van der Waals surface area contributed by atoms with Gasteiger partial charge in [0, 0.05) is 19.7 Å². The Morgan fingerprint density at radius 1 is 1.60 bits per heavy atom. The van der Waals surface area contributed by atoms with Gasteiger partial charge in [-0.3, -0.25) is 9.59 Å². The van der Waals surface area contributed by atoms with Crippen molar-refractivity contribution in [2.24, 2.45) is 0 Å². The molecule has 0 atom stereocenters. The normalized spacial score (nSPS) is 9.73. The molecule has 0 aromatic carbocycles. The van der Waals surface area contributed by atoms with E-state index in [1.165, 1.54) is 24.3 Å². The van der Waals surface area contributed by atoms with Gasteiger partial charge in [-0.15, -0.1) is 0 Å². The molecule has 0 bridgehead atoms. The third kappa shape index (κ3) is 3.08. The van der Waals surface area contributed by atoms with Gasteiger partial charge in [-0.2, -0.15) is 0 Å². The van der Waals surface area contributed by atoms with Crippen molar-refractivity contribution < 1.29 is 18.8 Å². The molecule has 0 spiro atoms. The van der Waals surface area contributed by atoms with Crippen molar-refractivity contribution in [3.8, 4) is 0 Å². The maximum Gasteiger partial charge on any atom is 0.307 e. The molecule has 0 fully saturated rings. The van der Waals surface area contributed by atoms with Crippen LogP contribution in [-0.4, -0.2) is 42.6 Å². The third-order valence-corrected chi connectivity index (χ3v) is 1.88. The lowest BCUT2D eigenvalue weighted by atomic mass is 10.3. The lowest BCUT2D eigenvalue weighted by Gasteiger charge is -2.14. The Kier molecular flexibility index (Phi) is 3.84. The second-order valence-corrected chi connectivity index (χ2v) is 2.94. The predicted molar refractivity (Wildman–Crippen MR) is 50.1 cm³/mol. The molecule has 1 aromatic rings. The quantitative estimate of drug-likeness (QED) is 0.671. The Balaban J connectivity index is 2.44. The minimum absolute atomic E-state index is 0.163. The number of rotatable bonds is 4. The van der Waals surface area contributed by atoms with Crippen LogP contribution in [0.15, 0.2) is 16.9 Å². The highest BCUT2D eigenvalue weighted by Crippen LogP contribution is 2.00. The molecule has 6 heteroatoms. The van der Waals surface area contributed by atoms with Gasteiger partial charge >= 0.3 is 5.97 Å². The molecule has 82 valence electrons. The number of carbonyl (C=O) groups excluding carboxylic acids is 2. The van der Waals surface area contributed by atoms with Crippen LogP contribution in [0.4, 0.5) is 0 Å². The number of aromatic nitrogens is 1. The first-order valence-corrected chi connectivity index (χ1v) is 4.38. The highest BCUT2D eigenvalue weighted by Gasteiger charge is 2.15. The molecule has 0 saturated heterocycles. The van der Waals surface area contributed by atoms with Crippen LogP contribution in [0.5, 0.6) is 0 Å². The Labute approximate surface area is 86.8 Å². The number of hydrogen-bond donors (Lipinski definition) is 0. The predicted octanol–water partition coefficient (Wildman–Crippen LogP) is 0.310. The number of hydrogen-bond acceptors (Lipinski definition) is 5. The summed E-state index contributed by atoms with van der Waals surface area (Å²) in [7, 11) is 2.89. The van der Waals surface area contributed by atoms with Crippen molar-refractivity contribution in [3.63, 3.8) is 0 Å². The molecule has 0 unspecified atom stereocenters. The van der Waals surface area contributed by atoms with Crippen LogP contribution in [0.2, 0.25) is 0 Å². The smallest absolute Gasteiger partial charge is 0.307 e. The summed E-state index contributed by atoms with van der Waals surface area (Å²) in [5.41, 5.74) is 0.224. The number of nitrogens with zero attached hydrogens (tertiary/aromatic N) is 2. The molecule has 0 aliphatic heterocycles. The molecule has 1 amide bonds. The van der Waals surface area contributed by atoms with Gasteiger partial charge in [0.05, 0.1) is 13.5 Å². The molecule has 1 aromatic heterocycles. The van der Waals surface area contributed by atoms with E-state index in [0.29, 0.717) is 6.54 Å². The number of methoxy groups -OCH3 is 1. The van der Waals surface area contributed by atoms with Crippen molar-refractivity contribution in [1.82, 2.24) is 10.1 Å². The van der Waals surface area contributed by atoms with E-state index >= 15 is 0 Å². The SMILES string of the molecule is COC(=O)CCN(C)C(=O)c1ccon1. The number of carbonyl (C=O) groups is 2. The summed E-state index contributed by atoms with van der Waals surface area (Å²) in [6, 6.07) is 1.47. The van der Waals surface area contributed by atoms with Crippen LogP contribution in [-0.2, 0) is 9.53 Å². The van der Waals surface area contributed by atoms with Gasteiger partial charge in [0.15, 0.2) is 5.69 Å².